The molecule has 2 aromatic rings. The van der Waals surface area contributed by atoms with E-state index in [-0.39, 0.29) is 5.91 Å². The molecule has 0 saturated heterocycles. The fourth-order valence-electron chi connectivity index (χ4n) is 2.05. The Morgan fingerprint density at radius 2 is 1.92 bits per heavy atom. The minimum Gasteiger partial charge on any atom is -0.497 e. The first kappa shape index (κ1) is 17.7. The predicted octanol–water partition coefficient (Wildman–Crippen LogP) is 2.49. The molecule has 0 aliphatic heterocycles. The molecule has 2 rings (SSSR count). The summed E-state index contributed by atoms with van der Waals surface area (Å²) in [5.41, 5.74) is 1.71. The first-order valence-corrected chi connectivity index (χ1v) is 7.66. The summed E-state index contributed by atoms with van der Waals surface area (Å²) in [7, 11) is 3.25. The van der Waals surface area contributed by atoms with Crippen molar-refractivity contribution in [2.24, 2.45) is 0 Å². The molecule has 7 nitrogen and oxygen atoms in total. The summed E-state index contributed by atoms with van der Waals surface area (Å²) in [4.78, 5) is 20.9. The van der Waals surface area contributed by atoms with Crippen molar-refractivity contribution in [3.8, 4) is 5.75 Å². The van der Waals surface area contributed by atoms with E-state index in [9.17, 15) is 4.79 Å². The number of anilines is 2. The van der Waals surface area contributed by atoms with Gasteiger partial charge in [-0.15, -0.1) is 0 Å². The second-order valence-corrected chi connectivity index (χ2v) is 5.17. The highest BCUT2D eigenvalue weighted by atomic mass is 16.5. The van der Waals surface area contributed by atoms with Gasteiger partial charge >= 0.3 is 0 Å². The number of nitrogens with zero attached hydrogens (tertiary/aromatic N) is 2. The van der Waals surface area contributed by atoms with Crippen molar-refractivity contribution in [3.05, 3.63) is 41.7 Å². The summed E-state index contributed by atoms with van der Waals surface area (Å²) in [5.74, 6) is 0.880. The van der Waals surface area contributed by atoms with Gasteiger partial charge in [-0.1, -0.05) is 0 Å². The lowest BCUT2D eigenvalue weighted by Gasteiger charge is -2.09. The third-order valence-electron chi connectivity index (χ3n) is 3.24. The molecule has 0 aliphatic rings. The van der Waals surface area contributed by atoms with Gasteiger partial charge in [0.25, 0.3) is 5.91 Å². The maximum absolute atomic E-state index is 12.4. The Hall–Kier alpha value is -2.67. The Bertz CT molecular complexity index is 674. The van der Waals surface area contributed by atoms with Crippen LogP contribution in [-0.4, -0.2) is 43.2 Å². The van der Waals surface area contributed by atoms with Crippen molar-refractivity contribution in [1.29, 1.82) is 0 Å². The first-order chi connectivity index (χ1) is 11.6. The predicted molar refractivity (Wildman–Crippen MR) is 92.7 cm³/mol. The molecule has 0 saturated carbocycles. The monoisotopic (exact) mass is 330 g/mol. The Morgan fingerprint density at radius 1 is 1.17 bits per heavy atom. The van der Waals surface area contributed by atoms with Crippen molar-refractivity contribution < 1.29 is 14.3 Å². The number of ether oxygens (including phenoxy) is 2. The van der Waals surface area contributed by atoms with Crippen LogP contribution in [0.1, 0.15) is 22.6 Å². The fourth-order valence-corrected chi connectivity index (χ4v) is 2.05. The maximum atomic E-state index is 12.4. The van der Waals surface area contributed by atoms with Crippen LogP contribution in [0.15, 0.2) is 30.3 Å². The summed E-state index contributed by atoms with van der Waals surface area (Å²) in [5, 5.41) is 5.90. The molecule has 24 heavy (non-hydrogen) atoms. The van der Waals surface area contributed by atoms with Crippen LogP contribution in [0.5, 0.6) is 5.75 Å². The first-order valence-electron chi connectivity index (χ1n) is 7.66. The number of methoxy groups -OCH3 is 2. The Balaban J connectivity index is 2.03. The zero-order chi connectivity index (χ0) is 17.4. The summed E-state index contributed by atoms with van der Waals surface area (Å²) in [6, 6.07) is 8.76. The van der Waals surface area contributed by atoms with E-state index in [1.807, 2.05) is 6.92 Å². The van der Waals surface area contributed by atoms with Crippen molar-refractivity contribution in [2.75, 3.05) is 38.0 Å². The van der Waals surface area contributed by atoms with Crippen LogP contribution in [0.4, 0.5) is 11.6 Å². The van der Waals surface area contributed by atoms with Crippen molar-refractivity contribution >= 4 is 17.5 Å². The lowest BCUT2D eigenvalue weighted by molar-refractivity contribution is 0.102. The van der Waals surface area contributed by atoms with Crippen LogP contribution in [0, 0.1) is 6.92 Å². The Morgan fingerprint density at radius 3 is 2.58 bits per heavy atom. The molecule has 2 N–H and O–H groups in total. The van der Waals surface area contributed by atoms with E-state index in [1.54, 1.807) is 44.6 Å². The number of amides is 1. The van der Waals surface area contributed by atoms with Crippen LogP contribution in [0.2, 0.25) is 0 Å². The lowest BCUT2D eigenvalue weighted by Crippen LogP contribution is -2.16. The molecule has 7 heteroatoms. The minimum absolute atomic E-state index is 0.286. The van der Waals surface area contributed by atoms with E-state index < -0.39 is 0 Å². The summed E-state index contributed by atoms with van der Waals surface area (Å²) < 4.78 is 10.1. The summed E-state index contributed by atoms with van der Waals surface area (Å²) >= 11 is 0. The molecule has 0 unspecified atom stereocenters. The van der Waals surface area contributed by atoms with Gasteiger partial charge in [-0.3, -0.25) is 4.79 Å². The van der Waals surface area contributed by atoms with Crippen molar-refractivity contribution in [2.45, 2.75) is 13.3 Å². The standard InChI is InChI=1S/C17H22N4O3/c1-12-11-15(21-17(19-12)18-9-4-10-23-2)16(22)20-13-5-7-14(24-3)8-6-13/h5-8,11H,4,9-10H2,1-3H3,(H,20,22)(H,18,19,21). The number of hydrogen-bond donors (Lipinski definition) is 2. The molecular formula is C17H22N4O3. The van der Waals surface area contributed by atoms with Gasteiger partial charge in [0.15, 0.2) is 0 Å². The summed E-state index contributed by atoms with van der Waals surface area (Å²) in [6.45, 7) is 3.16. The van der Waals surface area contributed by atoms with Gasteiger partial charge in [-0.2, -0.15) is 0 Å². The number of hydrogen-bond acceptors (Lipinski definition) is 6. The highest BCUT2D eigenvalue weighted by molar-refractivity contribution is 6.03. The number of carbonyl (C=O) groups excluding carboxylic acids is 1. The highest BCUT2D eigenvalue weighted by Gasteiger charge is 2.11. The Kier molecular flexibility index (Phi) is 6.51. The van der Waals surface area contributed by atoms with Crippen LogP contribution >= 0.6 is 0 Å². The van der Waals surface area contributed by atoms with E-state index in [0.29, 0.717) is 30.5 Å². The molecule has 1 amide bonds. The van der Waals surface area contributed by atoms with Gasteiger partial charge in [0, 0.05) is 31.6 Å². The highest BCUT2D eigenvalue weighted by Crippen LogP contribution is 2.16. The molecule has 0 aliphatic carbocycles. The van der Waals surface area contributed by atoms with E-state index in [1.165, 1.54) is 0 Å². The third kappa shape index (κ3) is 5.20. The van der Waals surface area contributed by atoms with Crippen LogP contribution in [0.3, 0.4) is 0 Å². The zero-order valence-electron chi connectivity index (χ0n) is 14.1. The molecule has 0 fully saturated rings. The average Bonchev–Trinajstić information content (AvgIpc) is 2.59. The number of rotatable bonds is 8. The van der Waals surface area contributed by atoms with E-state index in [0.717, 1.165) is 17.9 Å². The van der Waals surface area contributed by atoms with Gasteiger partial charge in [0.1, 0.15) is 11.4 Å². The van der Waals surface area contributed by atoms with E-state index in [2.05, 4.69) is 20.6 Å². The van der Waals surface area contributed by atoms with Crippen molar-refractivity contribution in [1.82, 2.24) is 9.97 Å². The minimum atomic E-state index is -0.286. The number of nitrogens with one attached hydrogen (secondary N) is 2. The van der Waals surface area contributed by atoms with Crippen LogP contribution in [-0.2, 0) is 4.74 Å². The molecule has 0 atom stereocenters. The average molecular weight is 330 g/mol. The topological polar surface area (TPSA) is 85.4 Å². The van der Waals surface area contributed by atoms with Gasteiger partial charge in [-0.05, 0) is 43.7 Å². The van der Waals surface area contributed by atoms with Crippen LogP contribution < -0.4 is 15.4 Å². The SMILES string of the molecule is COCCCNc1nc(C)cc(C(=O)Nc2ccc(OC)cc2)n1. The molecule has 0 bridgehead atoms. The normalized spacial score (nSPS) is 10.3. The van der Waals surface area contributed by atoms with Crippen molar-refractivity contribution in [3.63, 3.8) is 0 Å². The molecule has 0 spiro atoms. The second kappa shape index (κ2) is 8.83. The fraction of sp³-hybridized carbons (Fsp3) is 0.353. The van der Waals surface area contributed by atoms with E-state index in [4.69, 9.17) is 9.47 Å². The maximum Gasteiger partial charge on any atom is 0.274 e. The van der Waals surface area contributed by atoms with Gasteiger partial charge in [-0.25, -0.2) is 9.97 Å². The molecular weight excluding hydrogens is 308 g/mol. The number of carbonyl (C=O) groups is 1. The smallest absolute Gasteiger partial charge is 0.274 e. The largest absolute Gasteiger partial charge is 0.497 e. The number of aryl methyl sites for hydroxylation is 1. The zero-order valence-corrected chi connectivity index (χ0v) is 14.1. The van der Waals surface area contributed by atoms with Gasteiger partial charge in [0.2, 0.25) is 5.95 Å². The van der Waals surface area contributed by atoms with Gasteiger partial charge < -0.3 is 20.1 Å². The third-order valence-corrected chi connectivity index (χ3v) is 3.24. The number of aromatic nitrogens is 2. The molecule has 128 valence electrons. The number of benzene rings is 1. The Labute approximate surface area is 141 Å². The molecule has 0 radical (unpaired) electrons. The lowest BCUT2D eigenvalue weighted by atomic mass is 10.2. The summed E-state index contributed by atoms with van der Waals surface area (Å²) in [6.07, 6.45) is 0.835. The molecule has 1 aromatic heterocycles. The van der Waals surface area contributed by atoms with E-state index >= 15 is 0 Å². The van der Waals surface area contributed by atoms with Crippen LogP contribution in [0.25, 0.3) is 0 Å². The molecule has 1 aromatic carbocycles. The second-order valence-electron chi connectivity index (χ2n) is 5.17. The quantitative estimate of drug-likeness (QED) is 0.723. The van der Waals surface area contributed by atoms with Gasteiger partial charge in [0.05, 0.1) is 7.11 Å². The molecule has 1 heterocycles.